The first-order valence-corrected chi connectivity index (χ1v) is 8.76. The number of rotatable bonds is 9. The summed E-state index contributed by atoms with van der Waals surface area (Å²) in [6, 6.07) is 11.7. The van der Waals surface area contributed by atoms with Crippen LogP contribution in [-0.2, 0) is 0 Å². The molecule has 1 unspecified atom stereocenters. The van der Waals surface area contributed by atoms with E-state index in [1.807, 2.05) is 0 Å². The fourth-order valence-electron chi connectivity index (χ4n) is 3.24. The normalized spacial score (nSPS) is 19.5. The van der Waals surface area contributed by atoms with Gasteiger partial charge in [0.05, 0.1) is 0 Å². The highest BCUT2D eigenvalue weighted by atomic mass is 15.1. The Morgan fingerprint density at radius 2 is 1.86 bits per heavy atom. The van der Waals surface area contributed by atoms with Gasteiger partial charge < -0.3 is 10.2 Å². The molecule has 0 spiro atoms. The minimum atomic E-state index is 0.629. The highest BCUT2D eigenvalue weighted by Gasteiger charge is 2.22. The van der Waals surface area contributed by atoms with Crippen LogP contribution in [-0.4, -0.2) is 37.1 Å². The van der Waals surface area contributed by atoms with Crippen molar-refractivity contribution in [2.24, 2.45) is 0 Å². The average molecular weight is 288 g/mol. The lowest BCUT2D eigenvalue weighted by Gasteiger charge is -2.16. The summed E-state index contributed by atoms with van der Waals surface area (Å²) in [6.45, 7) is 9.46. The quantitative estimate of drug-likeness (QED) is 0.690. The van der Waals surface area contributed by atoms with E-state index in [1.54, 1.807) is 0 Å². The van der Waals surface area contributed by atoms with Crippen molar-refractivity contribution in [1.29, 1.82) is 0 Å². The summed E-state index contributed by atoms with van der Waals surface area (Å²) in [5.74, 6) is 0.765. The molecular formula is C19H32N2. The first kappa shape index (κ1) is 16.5. The third-order valence-corrected chi connectivity index (χ3v) is 4.50. The smallest absolute Gasteiger partial charge is 0.00507 e. The molecule has 21 heavy (non-hydrogen) atoms. The molecule has 1 aromatic carbocycles. The molecule has 1 aliphatic heterocycles. The minimum Gasteiger partial charge on any atom is -0.315 e. The number of hydrogen-bond acceptors (Lipinski definition) is 2. The standard InChI is InChI=1S/C19H32N2/c1-17(2)20-13-8-3-4-9-14-21-15-12-19(16-21)18-10-6-5-7-11-18/h5-7,10-11,17,19-20H,3-4,8-9,12-16H2,1-2H3. The maximum Gasteiger partial charge on any atom is 0.00507 e. The molecule has 1 aliphatic rings. The second-order valence-corrected chi connectivity index (χ2v) is 6.72. The van der Waals surface area contributed by atoms with Crippen molar-refractivity contribution in [3.8, 4) is 0 Å². The van der Waals surface area contributed by atoms with E-state index in [1.165, 1.54) is 63.8 Å². The highest BCUT2D eigenvalue weighted by molar-refractivity contribution is 5.20. The van der Waals surface area contributed by atoms with Crippen molar-refractivity contribution in [3.63, 3.8) is 0 Å². The topological polar surface area (TPSA) is 15.3 Å². The van der Waals surface area contributed by atoms with Gasteiger partial charge in [0, 0.05) is 12.6 Å². The Morgan fingerprint density at radius 3 is 2.62 bits per heavy atom. The van der Waals surface area contributed by atoms with Gasteiger partial charge in [0.2, 0.25) is 0 Å². The Kier molecular flexibility index (Phi) is 7.25. The number of nitrogens with zero attached hydrogens (tertiary/aromatic N) is 1. The van der Waals surface area contributed by atoms with E-state index >= 15 is 0 Å². The summed E-state index contributed by atoms with van der Waals surface area (Å²) >= 11 is 0. The number of nitrogens with one attached hydrogen (secondary N) is 1. The molecule has 2 heteroatoms. The van der Waals surface area contributed by atoms with Crippen LogP contribution in [0.25, 0.3) is 0 Å². The largest absolute Gasteiger partial charge is 0.315 e. The Morgan fingerprint density at radius 1 is 1.10 bits per heavy atom. The molecule has 1 saturated heterocycles. The molecule has 0 aromatic heterocycles. The van der Waals surface area contributed by atoms with Crippen LogP contribution in [0, 0.1) is 0 Å². The van der Waals surface area contributed by atoms with Crippen LogP contribution in [0.2, 0.25) is 0 Å². The Bertz CT molecular complexity index is 374. The van der Waals surface area contributed by atoms with Crippen molar-refractivity contribution in [3.05, 3.63) is 35.9 Å². The van der Waals surface area contributed by atoms with Crippen molar-refractivity contribution in [1.82, 2.24) is 10.2 Å². The monoisotopic (exact) mass is 288 g/mol. The zero-order chi connectivity index (χ0) is 14.9. The van der Waals surface area contributed by atoms with Crippen LogP contribution in [0.5, 0.6) is 0 Å². The van der Waals surface area contributed by atoms with Gasteiger partial charge >= 0.3 is 0 Å². The molecule has 2 rings (SSSR count). The summed E-state index contributed by atoms with van der Waals surface area (Å²) in [5.41, 5.74) is 1.53. The Hall–Kier alpha value is -0.860. The van der Waals surface area contributed by atoms with E-state index in [-0.39, 0.29) is 0 Å². The zero-order valence-electron chi connectivity index (χ0n) is 13.9. The van der Waals surface area contributed by atoms with E-state index in [4.69, 9.17) is 0 Å². The van der Waals surface area contributed by atoms with Gasteiger partial charge in [0.25, 0.3) is 0 Å². The lowest BCUT2D eigenvalue weighted by molar-refractivity contribution is 0.323. The number of benzene rings is 1. The van der Waals surface area contributed by atoms with Gasteiger partial charge in [-0.2, -0.15) is 0 Å². The lowest BCUT2D eigenvalue weighted by atomic mass is 9.99. The first-order valence-electron chi connectivity index (χ1n) is 8.76. The van der Waals surface area contributed by atoms with E-state index in [0.717, 1.165) is 5.92 Å². The molecule has 0 saturated carbocycles. The van der Waals surface area contributed by atoms with Crippen molar-refractivity contribution < 1.29 is 0 Å². The Labute approximate surface area is 130 Å². The van der Waals surface area contributed by atoms with Gasteiger partial charge in [-0.1, -0.05) is 57.0 Å². The average Bonchev–Trinajstić information content (AvgIpc) is 2.96. The first-order chi connectivity index (χ1) is 10.3. The van der Waals surface area contributed by atoms with Gasteiger partial charge in [0.1, 0.15) is 0 Å². The molecule has 1 atom stereocenters. The van der Waals surface area contributed by atoms with Crippen LogP contribution < -0.4 is 5.32 Å². The summed E-state index contributed by atoms with van der Waals surface area (Å²) < 4.78 is 0. The van der Waals surface area contributed by atoms with Crippen molar-refractivity contribution >= 4 is 0 Å². The fraction of sp³-hybridized carbons (Fsp3) is 0.684. The van der Waals surface area contributed by atoms with Crippen LogP contribution in [0.1, 0.15) is 57.4 Å². The maximum atomic E-state index is 3.49. The van der Waals surface area contributed by atoms with E-state index in [0.29, 0.717) is 6.04 Å². The molecule has 0 aliphatic carbocycles. The second kappa shape index (κ2) is 9.22. The summed E-state index contributed by atoms with van der Waals surface area (Å²) in [4.78, 5) is 2.66. The molecule has 1 N–H and O–H groups in total. The van der Waals surface area contributed by atoms with E-state index in [9.17, 15) is 0 Å². The van der Waals surface area contributed by atoms with E-state index < -0.39 is 0 Å². The van der Waals surface area contributed by atoms with E-state index in [2.05, 4.69) is 54.4 Å². The number of unbranched alkanes of at least 4 members (excludes halogenated alkanes) is 3. The zero-order valence-corrected chi connectivity index (χ0v) is 13.9. The Balaban J connectivity index is 1.53. The molecular weight excluding hydrogens is 256 g/mol. The predicted molar refractivity (Wildman–Crippen MR) is 91.8 cm³/mol. The third kappa shape index (κ3) is 6.19. The van der Waals surface area contributed by atoms with Crippen LogP contribution in [0.15, 0.2) is 30.3 Å². The maximum absolute atomic E-state index is 3.49. The molecule has 0 radical (unpaired) electrons. The SMILES string of the molecule is CC(C)NCCCCCCN1CCC(c2ccccc2)C1. The van der Waals surface area contributed by atoms with Crippen LogP contribution in [0.4, 0.5) is 0 Å². The van der Waals surface area contributed by atoms with Crippen molar-refractivity contribution in [2.45, 2.75) is 57.9 Å². The highest BCUT2D eigenvalue weighted by Crippen LogP contribution is 2.26. The van der Waals surface area contributed by atoms with Gasteiger partial charge in [-0.3, -0.25) is 0 Å². The molecule has 118 valence electrons. The minimum absolute atomic E-state index is 0.629. The molecule has 1 aromatic rings. The third-order valence-electron chi connectivity index (χ3n) is 4.50. The molecule has 0 bridgehead atoms. The number of likely N-dealkylation sites (tertiary alicyclic amines) is 1. The van der Waals surface area contributed by atoms with Crippen molar-refractivity contribution in [2.75, 3.05) is 26.2 Å². The van der Waals surface area contributed by atoms with Gasteiger partial charge in [-0.25, -0.2) is 0 Å². The van der Waals surface area contributed by atoms with Gasteiger partial charge in [-0.05, 0) is 50.4 Å². The molecule has 2 nitrogen and oxygen atoms in total. The van der Waals surface area contributed by atoms with Crippen LogP contribution in [0.3, 0.4) is 0 Å². The molecule has 1 heterocycles. The summed E-state index contributed by atoms with van der Waals surface area (Å²) in [7, 11) is 0. The molecule has 0 amide bonds. The van der Waals surface area contributed by atoms with Crippen LogP contribution >= 0.6 is 0 Å². The summed E-state index contributed by atoms with van der Waals surface area (Å²) in [6.07, 6.45) is 6.78. The fourth-order valence-corrected chi connectivity index (χ4v) is 3.24. The summed E-state index contributed by atoms with van der Waals surface area (Å²) in [5, 5.41) is 3.49. The van der Waals surface area contributed by atoms with Gasteiger partial charge in [0.15, 0.2) is 0 Å². The lowest BCUT2D eigenvalue weighted by Crippen LogP contribution is -2.23. The predicted octanol–water partition coefficient (Wildman–Crippen LogP) is 4.03. The molecule has 1 fully saturated rings. The second-order valence-electron chi connectivity index (χ2n) is 6.72. The van der Waals surface area contributed by atoms with Gasteiger partial charge in [-0.15, -0.1) is 0 Å². The number of hydrogen-bond donors (Lipinski definition) is 1.